The number of nitrogens with one attached hydrogen (secondary N) is 2. The van der Waals surface area contributed by atoms with Gasteiger partial charge in [-0.2, -0.15) is 0 Å². The van der Waals surface area contributed by atoms with Gasteiger partial charge in [-0.3, -0.25) is 4.79 Å². The maximum atomic E-state index is 10.8. The van der Waals surface area contributed by atoms with E-state index in [1.54, 1.807) is 6.20 Å². The highest BCUT2D eigenvalue weighted by Gasteiger charge is 2.21. The third-order valence-corrected chi connectivity index (χ3v) is 3.62. The number of carbonyl (C=O) groups excluding carboxylic acids is 1. The molecule has 4 rings (SSSR count). The molecule has 0 aliphatic carbocycles. The number of para-hydroxylation sites is 1. The van der Waals surface area contributed by atoms with Gasteiger partial charge in [0.1, 0.15) is 11.5 Å². The van der Waals surface area contributed by atoms with Gasteiger partial charge in [-0.05, 0) is 36.4 Å². The molecule has 1 unspecified atom stereocenters. The standard InChI is InChI=1S/C18H14N4O2/c23-11-16-20-15-10-19-17(22-18(15)21-16)12-6-8-14(9-7-12)24-13-4-2-1-3-5-13/h1-11,16,20H,(H,19,21,22). The Hall–Kier alpha value is -3.41. The minimum Gasteiger partial charge on any atom is -0.457 e. The molecule has 0 radical (unpaired) electrons. The smallest absolute Gasteiger partial charge is 0.162 e. The zero-order valence-electron chi connectivity index (χ0n) is 12.6. The summed E-state index contributed by atoms with van der Waals surface area (Å²) < 4.78 is 5.77. The molecule has 3 aromatic rings. The van der Waals surface area contributed by atoms with E-state index in [1.165, 1.54) is 0 Å². The maximum Gasteiger partial charge on any atom is 0.162 e. The monoisotopic (exact) mass is 318 g/mol. The molecule has 1 aliphatic heterocycles. The van der Waals surface area contributed by atoms with E-state index in [2.05, 4.69) is 20.6 Å². The Kier molecular flexibility index (Phi) is 3.55. The summed E-state index contributed by atoms with van der Waals surface area (Å²) >= 11 is 0. The zero-order chi connectivity index (χ0) is 16.4. The van der Waals surface area contributed by atoms with E-state index in [0.29, 0.717) is 11.6 Å². The van der Waals surface area contributed by atoms with Crippen molar-refractivity contribution in [2.75, 3.05) is 10.6 Å². The number of carbonyl (C=O) groups is 1. The van der Waals surface area contributed by atoms with Gasteiger partial charge in [0.05, 0.1) is 11.9 Å². The van der Waals surface area contributed by atoms with Crippen molar-refractivity contribution in [2.45, 2.75) is 6.17 Å². The van der Waals surface area contributed by atoms with Crippen molar-refractivity contribution < 1.29 is 9.53 Å². The van der Waals surface area contributed by atoms with Gasteiger partial charge in [0.2, 0.25) is 0 Å². The number of nitrogens with zero attached hydrogens (tertiary/aromatic N) is 2. The highest BCUT2D eigenvalue weighted by atomic mass is 16.5. The first-order valence-electron chi connectivity index (χ1n) is 7.50. The molecule has 0 fully saturated rings. The fraction of sp³-hybridized carbons (Fsp3) is 0.0556. The Bertz CT molecular complexity index is 866. The predicted molar refractivity (Wildman–Crippen MR) is 91.1 cm³/mol. The Balaban J connectivity index is 1.54. The van der Waals surface area contributed by atoms with Crippen molar-refractivity contribution in [1.82, 2.24) is 9.97 Å². The Morgan fingerprint density at radius 3 is 2.46 bits per heavy atom. The van der Waals surface area contributed by atoms with E-state index in [1.807, 2.05) is 54.6 Å². The summed E-state index contributed by atoms with van der Waals surface area (Å²) in [5.74, 6) is 2.74. The third kappa shape index (κ3) is 2.77. The van der Waals surface area contributed by atoms with Crippen molar-refractivity contribution in [3.8, 4) is 22.9 Å². The number of rotatable bonds is 4. The highest BCUT2D eigenvalue weighted by molar-refractivity contribution is 5.81. The molecule has 0 saturated heterocycles. The molecule has 1 aliphatic rings. The summed E-state index contributed by atoms with van der Waals surface area (Å²) in [5, 5.41) is 5.96. The molecule has 118 valence electrons. The van der Waals surface area contributed by atoms with Crippen LogP contribution in [0, 0.1) is 0 Å². The SMILES string of the molecule is O=CC1Nc2cnc(-c3ccc(Oc4ccccc4)cc3)nc2N1. The van der Waals surface area contributed by atoms with E-state index in [4.69, 9.17) is 4.74 Å². The molecule has 1 aromatic heterocycles. The zero-order valence-corrected chi connectivity index (χ0v) is 12.6. The molecule has 6 nitrogen and oxygen atoms in total. The van der Waals surface area contributed by atoms with Crippen molar-refractivity contribution in [2.24, 2.45) is 0 Å². The van der Waals surface area contributed by atoms with E-state index < -0.39 is 6.17 Å². The number of hydrogen-bond donors (Lipinski definition) is 2. The van der Waals surface area contributed by atoms with Crippen molar-refractivity contribution in [3.63, 3.8) is 0 Å². The second-order valence-electron chi connectivity index (χ2n) is 5.30. The fourth-order valence-electron chi connectivity index (χ4n) is 2.45. The minimum absolute atomic E-state index is 0.453. The third-order valence-electron chi connectivity index (χ3n) is 3.62. The number of aldehydes is 1. The molecule has 2 heterocycles. The first kappa shape index (κ1) is 14.2. The second kappa shape index (κ2) is 6.00. The number of hydrogen-bond acceptors (Lipinski definition) is 6. The number of fused-ring (bicyclic) bond motifs is 1. The number of ether oxygens (including phenoxy) is 1. The molecule has 1 atom stereocenters. The Labute approximate surface area is 138 Å². The topological polar surface area (TPSA) is 76.1 Å². The minimum atomic E-state index is -0.453. The number of anilines is 2. The van der Waals surface area contributed by atoms with E-state index in [9.17, 15) is 4.79 Å². The lowest BCUT2D eigenvalue weighted by Gasteiger charge is -2.07. The Morgan fingerprint density at radius 2 is 1.71 bits per heavy atom. The van der Waals surface area contributed by atoms with Crippen molar-refractivity contribution >= 4 is 17.8 Å². The molecule has 6 heteroatoms. The molecule has 0 saturated carbocycles. The van der Waals surface area contributed by atoms with Crippen LogP contribution in [0.2, 0.25) is 0 Å². The van der Waals surface area contributed by atoms with E-state index in [0.717, 1.165) is 29.0 Å². The van der Waals surface area contributed by atoms with E-state index >= 15 is 0 Å². The van der Waals surface area contributed by atoms with Crippen LogP contribution < -0.4 is 15.4 Å². The lowest BCUT2D eigenvalue weighted by atomic mass is 10.2. The van der Waals surface area contributed by atoms with Crippen LogP contribution in [0.4, 0.5) is 11.5 Å². The quantitative estimate of drug-likeness (QED) is 0.719. The number of aromatic nitrogens is 2. The van der Waals surface area contributed by atoms with Gasteiger partial charge in [-0.25, -0.2) is 9.97 Å². The van der Waals surface area contributed by atoms with Gasteiger partial charge in [0, 0.05) is 5.56 Å². The average molecular weight is 318 g/mol. The summed E-state index contributed by atoms with van der Waals surface area (Å²) in [4.78, 5) is 19.6. The van der Waals surface area contributed by atoms with Crippen LogP contribution in [-0.2, 0) is 4.79 Å². The lowest BCUT2D eigenvalue weighted by molar-refractivity contribution is -0.107. The summed E-state index contributed by atoms with van der Waals surface area (Å²) in [6, 6.07) is 17.2. The van der Waals surface area contributed by atoms with Gasteiger partial charge < -0.3 is 15.4 Å². The van der Waals surface area contributed by atoms with Crippen molar-refractivity contribution in [1.29, 1.82) is 0 Å². The van der Waals surface area contributed by atoms with Gasteiger partial charge in [0.25, 0.3) is 0 Å². The largest absolute Gasteiger partial charge is 0.457 e. The molecule has 0 bridgehead atoms. The first-order valence-corrected chi connectivity index (χ1v) is 7.50. The Morgan fingerprint density at radius 1 is 0.958 bits per heavy atom. The van der Waals surface area contributed by atoms with Gasteiger partial charge >= 0.3 is 0 Å². The summed E-state index contributed by atoms with van der Waals surface area (Å²) in [5.41, 5.74) is 1.59. The number of benzene rings is 2. The first-order chi connectivity index (χ1) is 11.8. The van der Waals surface area contributed by atoms with Crippen LogP contribution in [0.25, 0.3) is 11.4 Å². The van der Waals surface area contributed by atoms with Gasteiger partial charge in [-0.15, -0.1) is 0 Å². The summed E-state index contributed by atoms with van der Waals surface area (Å²) in [6.45, 7) is 0. The molecule has 2 aromatic carbocycles. The second-order valence-corrected chi connectivity index (χ2v) is 5.30. The van der Waals surface area contributed by atoms with Gasteiger partial charge in [-0.1, -0.05) is 18.2 Å². The average Bonchev–Trinajstić information content (AvgIpc) is 3.05. The van der Waals surface area contributed by atoms with Crippen LogP contribution in [-0.4, -0.2) is 22.4 Å². The lowest BCUT2D eigenvalue weighted by Crippen LogP contribution is -2.23. The maximum absolute atomic E-state index is 10.8. The molecule has 24 heavy (non-hydrogen) atoms. The molecule has 2 N–H and O–H groups in total. The van der Waals surface area contributed by atoms with Gasteiger partial charge in [0.15, 0.2) is 24.1 Å². The fourth-order valence-corrected chi connectivity index (χ4v) is 2.45. The van der Waals surface area contributed by atoms with Crippen LogP contribution in [0.3, 0.4) is 0 Å². The van der Waals surface area contributed by atoms with Crippen LogP contribution >= 0.6 is 0 Å². The molecular formula is C18H14N4O2. The van der Waals surface area contributed by atoms with Crippen LogP contribution in [0.1, 0.15) is 0 Å². The summed E-state index contributed by atoms with van der Waals surface area (Å²) in [6.07, 6.45) is 2.01. The van der Waals surface area contributed by atoms with Crippen LogP contribution in [0.15, 0.2) is 60.8 Å². The molecular weight excluding hydrogens is 304 g/mol. The van der Waals surface area contributed by atoms with Crippen LogP contribution in [0.5, 0.6) is 11.5 Å². The molecule has 0 spiro atoms. The predicted octanol–water partition coefficient (Wildman–Crippen LogP) is 3.30. The highest BCUT2D eigenvalue weighted by Crippen LogP contribution is 2.29. The molecule has 0 amide bonds. The van der Waals surface area contributed by atoms with E-state index in [-0.39, 0.29) is 0 Å². The van der Waals surface area contributed by atoms with Crippen molar-refractivity contribution in [3.05, 3.63) is 60.8 Å². The summed E-state index contributed by atoms with van der Waals surface area (Å²) in [7, 11) is 0. The normalized spacial score (nSPS) is 15.1.